The lowest BCUT2D eigenvalue weighted by atomic mass is 10.6. The Balaban J connectivity index is 2.25. The lowest BCUT2D eigenvalue weighted by Crippen LogP contribution is -1.90. The van der Waals surface area contributed by atoms with Gasteiger partial charge in [-0.3, -0.25) is 4.98 Å². The lowest BCUT2D eigenvalue weighted by Gasteiger charge is -2.00. The van der Waals surface area contributed by atoms with Crippen LogP contribution in [0.1, 0.15) is 5.82 Å². The van der Waals surface area contributed by atoms with E-state index in [1.54, 1.807) is 31.6 Å². The van der Waals surface area contributed by atoms with Crippen LogP contribution < -0.4 is 0 Å². The Morgan fingerprint density at radius 2 is 2.07 bits per heavy atom. The van der Waals surface area contributed by atoms with Crippen molar-refractivity contribution in [2.24, 2.45) is 0 Å². The average molecular weight is 239 g/mol. The molecule has 4 nitrogen and oxygen atoms in total. The van der Waals surface area contributed by atoms with Crippen LogP contribution in [0.2, 0.25) is 5.15 Å². The third-order valence-electron chi connectivity index (χ3n) is 1.53. The fourth-order valence-corrected chi connectivity index (χ4v) is 2.08. The van der Waals surface area contributed by atoms with Crippen molar-refractivity contribution in [3.63, 3.8) is 0 Å². The second-order valence-electron chi connectivity index (χ2n) is 2.72. The van der Waals surface area contributed by atoms with Crippen molar-refractivity contribution in [3.8, 4) is 0 Å². The molecule has 0 saturated heterocycles. The predicted molar refractivity (Wildman–Crippen MR) is 57.9 cm³/mol. The molecule has 0 unspecified atom stereocenters. The largest absolute Gasteiger partial charge is 0.260 e. The Morgan fingerprint density at radius 1 is 1.20 bits per heavy atom. The molecule has 0 spiro atoms. The number of hydrogen-bond donors (Lipinski definition) is 0. The number of rotatable bonds is 2. The van der Waals surface area contributed by atoms with E-state index in [2.05, 4.69) is 19.9 Å². The molecule has 0 fully saturated rings. The summed E-state index contributed by atoms with van der Waals surface area (Å²) in [6, 6.07) is 1.70. The molecule has 2 rings (SSSR count). The van der Waals surface area contributed by atoms with Gasteiger partial charge in [0.1, 0.15) is 21.0 Å². The highest BCUT2D eigenvalue weighted by molar-refractivity contribution is 7.99. The number of nitrogens with zero attached hydrogens (tertiary/aromatic N) is 4. The minimum absolute atomic E-state index is 0.439. The second kappa shape index (κ2) is 4.55. The molecule has 0 atom stereocenters. The van der Waals surface area contributed by atoms with Gasteiger partial charge >= 0.3 is 0 Å². The summed E-state index contributed by atoms with van der Waals surface area (Å²) < 4.78 is 0. The highest BCUT2D eigenvalue weighted by Crippen LogP contribution is 2.24. The van der Waals surface area contributed by atoms with E-state index in [0.717, 1.165) is 10.1 Å². The van der Waals surface area contributed by atoms with Gasteiger partial charge in [0, 0.05) is 18.5 Å². The van der Waals surface area contributed by atoms with Crippen LogP contribution in [0.3, 0.4) is 0 Å². The van der Waals surface area contributed by atoms with E-state index in [1.165, 1.54) is 11.8 Å². The van der Waals surface area contributed by atoms with Crippen LogP contribution in [-0.2, 0) is 0 Å². The molecular formula is C9H7ClN4S. The van der Waals surface area contributed by atoms with E-state index in [-0.39, 0.29) is 0 Å². The molecule has 0 aliphatic carbocycles. The maximum Gasteiger partial charge on any atom is 0.133 e. The first-order valence-corrected chi connectivity index (χ1v) is 5.38. The van der Waals surface area contributed by atoms with Crippen LogP contribution in [0, 0.1) is 6.92 Å². The number of hydrogen-bond acceptors (Lipinski definition) is 5. The highest BCUT2D eigenvalue weighted by Gasteiger charge is 2.03. The van der Waals surface area contributed by atoms with Crippen LogP contribution in [0.4, 0.5) is 0 Å². The summed E-state index contributed by atoms with van der Waals surface area (Å²) in [5.41, 5.74) is 0. The van der Waals surface area contributed by atoms with Gasteiger partial charge in [0.05, 0.1) is 6.20 Å². The summed E-state index contributed by atoms with van der Waals surface area (Å²) >= 11 is 7.22. The van der Waals surface area contributed by atoms with Gasteiger partial charge in [-0.1, -0.05) is 11.6 Å². The van der Waals surface area contributed by atoms with E-state index in [1.807, 2.05) is 0 Å². The third kappa shape index (κ3) is 2.87. The normalized spacial score (nSPS) is 10.3. The standard InChI is InChI=1S/C9H7ClN4S/c1-6-13-7(10)4-8(14-6)15-9-5-11-2-3-12-9/h2-5H,1H3. The van der Waals surface area contributed by atoms with Crippen LogP contribution in [0.15, 0.2) is 34.7 Å². The third-order valence-corrected chi connectivity index (χ3v) is 2.56. The average Bonchev–Trinajstić information content (AvgIpc) is 2.17. The Bertz CT molecular complexity index is 443. The molecule has 0 aliphatic rings. The molecule has 0 aromatic carbocycles. The first-order valence-electron chi connectivity index (χ1n) is 4.19. The Kier molecular flexibility index (Phi) is 3.13. The molecule has 76 valence electrons. The minimum Gasteiger partial charge on any atom is -0.260 e. The van der Waals surface area contributed by atoms with Crippen LogP contribution in [0.25, 0.3) is 0 Å². The van der Waals surface area contributed by atoms with E-state index >= 15 is 0 Å². The van der Waals surface area contributed by atoms with Gasteiger partial charge in [-0.2, -0.15) is 0 Å². The van der Waals surface area contributed by atoms with Gasteiger partial charge in [0.25, 0.3) is 0 Å². The minimum atomic E-state index is 0.439. The Morgan fingerprint density at radius 3 is 2.73 bits per heavy atom. The second-order valence-corrected chi connectivity index (χ2v) is 4.15. The molecule has 0 saturated carbocycles. The fraction of sp³-hybridized carbons (Fsp3) is 0.111. The number of aromatic nitrogens is 4. The molecular weight excluding hydrogens is 232 g/mol. The number of aryl methyl sites for hydroxylation is 1. The van der Waals surface area contributed by atoms with Gasteiger partial charge in [-0.05, 0) is 18.7 Å². The van der Waals surface area contributed by atoms with Crippen molar-refractivity contribution in [1.82, 2.24) is 19.9 Å². The van der Waals surface area contributed by atoms with Crippen molar-refractivity contribution in [2.75, 3.05) is 0 Å². The van der Waals surface area contributed by atoms with Crippen molar-refractivity contribution in [3.05, 3.63) is 35.6 Å². The molecule has 0 radical (unpaired) electrons. The van der Waals surface area contributed by atoms with Crippen molar-refractivity contribution >= 4 is 23.4 Å². The van der Waals surface area contributed by atoms with E-state index < -0.39 is 0 Å². The molecule has 2 aromatic rings. The summed E-state index contributed by atoms with van der Waals surface area (Å²) in [5.74, 6) is 0.647. The summed E-state index contributed by atoms with van der Waals surface area (Å²) in [6.07, 6.45) is 4.94. The molecule has 15 heavy (non-hydrogen) atoms. The smallest absolute Gasteiger partial charge is 0.133 e. The zero-order chi connectivity index (χ0) is 10.7. The van der Waals surface area contributed by atoms with Crippen molar-refractivity contribution < 1.29 is 0 Å². The van der Waals surface area contributed by atoms with E-state index in [4.69, 9.17) is 11.6 Å². The maximum absolute atomic E-state index is 5.82. The topological polar surface area (TPSA) is 51.6 Å². The summed E-state index contributed by atoms with van der Waals surface area (Å²) in [5, 5.41) is 1.99. The van der Waals surface area contributed by atoms with Crippen LogP contribution in [0.5, 0.6) is 0 Å². The summed E-state index contributed by atoms with van der Waals surface area (Å²) in [6.45, 7) is 1.80. The van der Waals surface area contributed by atoms with Gasteiger partial charge in [0.2, 0.25) is 0 Å². The van der Waals surface area contributed by atoms with Crippen molar-refractivity contribution in [2.45, 2.75) is 17.0 Å². The SMILES string of the molecule is Cc1nc(Cl)cc(Sc2cnccn2)n1. The van der Waals surface area contributed by atoms with Crippen LogP contribution >= 0.6 is 23.4 Å². The molecule has 6 heteroatoms. The number of halogens is 1. The van der Waals surface area contributed by atoms with Gasteiger partial charge in [-0.15, -0.1) is 0 Å². The molecule has 2 aromatic heterocycles. The maximum atomic E-state index is 5.82. The first-order chi connectivity index (χ1) is 7.24. The summed E-state index contributed by atoms with van der Waals surface area (Å²) in [7, 11) is 0. The fourth-order valence-electron chi connectivity index (χ4n) is 1.00. The zero-order valence-electron chi connectivity index (χ0n) is 7.88. The van der Waals surface area contributed by atoms with Gasteiger partial charge in [0.15, 0.2) is 0 Å². The summed E-state index contributed by atoms with van der Waals surface area (Å²) in [4.78, 5) is 16.3. The Hall–Kier alpha value is -1.20. The highest BCUT2D eigenvalue weighted by atomic mass is 35.5. The monoisotopic (exact) mass is 238 g/mol. The first kappa shape index (κ1) is 10.3. The molecule has 0 aliphatic heterocycles. The molecule has 0 N–H and O–H groups in total. The van der Waals surface area contributed by atoms with Gasteiger partial charge < -0.3 is 0 Å². The Labute approximate surface area is 96.2 Å². The molecule has 2 heterocycles. The van der Waals surface area contributed by atoms with Crippen LogP contribution in [-0.4, -0.2) is 19.9 Å². The van der Waals surface area contributed by atoms with Gasteiger partial charge in [-0.25, -0.2) is 15.0 Å². The van der Waals surface area contributed by atoms with E-state index in [0.29, 0.717) is 11.0 Å². The molecule has 0 bridgehead atoms. The molecule has 0 amide bonds. The zero-order valence-corrected chi connectivity index (χ0v) is 9.46. The van der Waals surface area contributed by atoms with Crippen molar-refractivity contribution in [1.29, 1.82) is 0 Å². The predicted octanol–water partition coefficient (Wildman–Crippen LogP) is 2.38. The van der Waals surface area contributed by atoms with E-state index in [9.17, 15) is 0 Å². The quantitative estimate of drug-likeness (QED) is 0.752. The lowest BCUT2D eigenvalue weighted by molar-refractivity contribution is 0.961.